The molecule has 8 heavy (non-hydrogen) atoms. The quantitative estimate of drug-likeness (QED) is 0.502. The molecule has 2 N–H and O–H groups in total. The van der Waals surface area contributed by atoms with Gasteiger partial charge in [0.2, 0.25) is 0 Å². The van der Waals surface area contributed by atoms with E-state index in [0.29, 0.717) is 0 Å². The second kappa shape index (κ2) is 5.93. The zero-order chi connectivity index (χ0) is 7.21. The number of hydrogen-bond acceptors (Lipinski definition) is 2. The van der Waals surface area contributed by atoms with Crippen molar-refractivity contribution >= 4 is 10.4 Å². The van der Waals surface area contributed by atoms with E-state index >= 15 is 0 Å². The average Bonchev–Trinajstić information content (AvgIpc) is 1.27. The van der Waals surface area contributed by atoms with Gasteiger partial charge in [-0.2, -0.15) is 8.42 Å². The third-order valence-electron chi connectivity index (χ3n) is 0. The van der Waals surface area contributed by atoms with Gasteiger partial charge in [0.15, 0.2) is 0 Å². The van der Waals surface area contributed by atoms with Crippen molar-refractivity contribution in [3.63, 3.8) is 0 Å². The molecule has 0 aromatic heterocycles. The SMILES string of the molecule is O=S(=O)(O)O.[CH3][Hg][CH3]. The maximum absolute atomic E-state index is 8.74. The molecule has 0 saturated heterocycles. The van der Waals surface area contributed by atoms with Gasteiger partial charge in [0, 0.05) is 0 Å². The predicted molar refractivity (Wildman–Crippen MR) is 25.9 cm³/mol. The molecule has 0 heterocycles. The molecule has 0 aromatic rings. The van der Waals surface area contributed by atoms with Gasteiger partial charge in [-0.15, -0.1) is 0 Å². The van der Waals surface area contributed by atoms with Crippen molar-refractivity contribution in [3.8, 4) is 0 Å². The summed E-state index contributed by atoms with van der Waals surface area (Å²) in [4.78, 5) is 0. The molecular weight excluding hydrogens is 321 g/mol. The van der Waals surface area contributed by atoms with Crippen LogP contribution in [0.25, 0.3) is 0 Å². The normalized spacial score (nSPS) is 8.50. The van der Waals surface area contributed by atoms with Crippen molar-refractivity contribution in [2.45, 2.75) is 8.86 Å². The van der Waals surface area contributed by atoms with Crippen molar-refractivity contribution in [3.05, 3.63) is 0 Å². The van der Waals surface area contributed by atoms with Gasteiger partial charge in [-0.1, -0.05) is 0 Å². The molecule has 4 nitrogen and oxygen atoms in total. The Bertz CT molecular complexity index is 108. The van der Waals surface area contributed by atoms with Crippen LogP contribution in [0.1, 0.15) is 0 Å². The zero-order valence-corrected chi connectivity index (χ0v) is 11.1. The second-order valence-corrected chi connectivity index (χ2v) is 7.55. The Hall–Kier alpha value is 0.805. The van der Waals surface area contributed by atoms with Crippen LogP contribution < -0.4 is 0 Å². The summed E-state index contributed by atoms with van der Waals surface area (Å²) in [6.07, 6.45) is 0. The topological polar surface area (TPSA) is 74.6 Å². The Morgan fingerprint density at radius 3 is 1.25 bits per heavy atom. The van der Waals surface area contributed by atoms with Crippen LogP contribution in [0.2, 0.25) is 8.86 Å². The molecule has 0 amide bonds. The average molecular weight is 329 g/mol. The minimum absolute atomic E-state index is 0.0833. The molecule has 0 rings (SSSR count). The van der Waals surface area contributed by atoms with E-state index in [1.807, 2.05) is 0 Å². The van der Waals surface area contributed by atoms with Crippen molar-refractivity contribution in [2.75, 3.05) is 0 Å². The summed E-state index contributed by atoms with van der Waals surface area (Å²) in [6, 6.07) is 0. The second-order valence-electron chi connectivity index (χ2n) is 1.15. The van der Waals surface area contributed by atoms with Crippen LogP contribution in [0.5, 0.6) is 0 Å². The summed E-state index contributed by atoms with van der Waals surface area (Å²) in [7, 11) is -4.67. The van der Waals surface area contributed by atoms with Crippen LogP contribution in [0, 0.1) is 0 Å². The van der Waals surface area contributed by atoms with Gasteiger partial charge in [0.25, 0.3) is 0 Å². The van der Waals surface area contributed by atoms with Crippen LogP contribution in [-0.2, 0) is 35.0 Å². The molecule has 0 aliphatic heterocycles. The molecule has 0 atom stereocenters. The van der Waals surface area contributed by atoms with E-state index in [2.05, 4.69) is 8.86 Å². The molecule has 48 valence electrons. The van der Waals surface area contributed by atoms with Gasteiger partial charge in [-0.25, -0.2) is 0 Å². The first-order valence-electron chi connectivity index (χ1n) is 2.11. The first kappa shape index (κ1) is 11.6. The van der Waals surface area contributed by atoms with Gasteiger partial charge < -0.3 is 0 Å². The van der Waals surface area contributed by atoms with Crippen molar-refractivity contribution in [2.24, 2.45) is 0 Å². The van der Waals surface area contributed by atoms with Gasteiger partial charge >= 0.3 is 43.8 Å². The van der Waals surface area contributed by atoms with E-state index in [0.717, 1.165) is 0 Å². The summed E-state index contributed by atoms with van der Waals surface area (Å²) in [5.74, 6) is 0. The zero-order valence-electron chi connectivity index (χ0n) is 4.83. The Kier molecular flexibility index (Phi) is 8.59. The first-order chi connectivity index (χ1) is 3.41. The van der Waals surface area contributed by atoms with Crippen LogP contribution in [0.4, 0.5) is 0 Å². The summed E-state index contributed by atoms with van der Waals surface area (Å²) in [5, 5.41) is 0. The van der Waals surface area contributed by atoms with Crippen molar-refractivity contribution in [1.29, 1.82) is 0 Å². The summed E-state index contributed by atoms with van der Waals surface area (Å²) >= 11 is -0.0833. The maximum atomic E-state index is 8.74. The molecule has 0 aromatic carbocycles. The van der Waals surface area contributed by atoms with Crippen LogP contribution >= 0.6 is 0 Å². The molecule has 6 heteroatoms. The van der Waals surface area contributed by atoms with E-state index in [4.69, 9.17) is 17.5 Å². The molecule has 0 saturated carbocycles. The molecule has 0 aliphatic carbocycles. The molecular formula is C2H8HgO4S. The predicted octanol–water partition coefficient (Wildman–Crippen LogP) is 0.512. The van der Waals surface area contributed by atoms with E-state index in [-0.39, 0.29) is 24.6 Å². The Labute approximate surface area is 61.3 Å². The Morgan fingerprint density at radius 1 is 1.25 bits per heavy atom. The molecule has 0 bridgehead atoms. The molecule has 0 spiro atoms. The summed E-state index contributed by atoms with van der Waals surface area (Å²) in [5.41, 5.74) is 0. The fourth-order valence-corrected chi connectivity index (χ4v) is 0. The number of hydrogen-bond donors (Lipinski definition) is 2. The van der Waals surface area contributed by atoms with Crippen molar-refractivity contribution in [1.82, 2.24) is 0 Å². The summed E-state index contributed by atoms with van der Waals surface area (Å²) in [6.45, 7) is 0. The fraction of sp³-hybridized carbons (Fsp3) is 1.00. The first-order valence-corrected chi connectivity index (χ1v) is 14.5. The van der Waals surface area contributed by atoms with Gasteiger partial charge in [0.05, 0.1) is 0 Å². The number of rotatable bonds is 0. The molecule has 0 aliphatic rings. The Balaban J connectivity index is 0. The minimum atomic E-state index is -4.67. The standard InChI is InChI=1S/2CH3.Hg.H2O4S/c;;;1-5(2,3)4/h2*1H3;;(H2,1,2,3,4). The van der Waals surface area contributed by atoms with E-state index < -0.39 is 10.4 Å². The molecule has 0 unspecified atom stereocenters. The van der Waals surface area contributed by atoms with Crippen molar-refractivity contribution < 1.29 is 42.1 Å². The fourth-order valence-electron chi connectivity index (χ4n) is 0. The van der Waals surface area contributed by atoms with Crippen LogP contribution in [0.3, 0.4) is 0 Å². The van der Waals surface area contributed by atoms with Gasteiger partial charge in [0.1, 0.15) is 0 Å². The van der Waals surface area contributed by atoms with Gasteiger partial charge in [-0.05, 0) is 0 Å². The van der Waals surface area contributed by atoms with E-state index in [9.17, 15) is 0 Å². The van der Waals surface area contributed by atoms with Crippen LogP contribution in [0.15, 0.2) is 0 Å². The van der Waals surface area contributed by atoms with E-state index in [1.165, 1.54) is 0 Å². The monoisotopic (exact) mass is 330 g/mol. The van der Waals surface area contributed by atoms with Gasteiger partial charge in [-0.3, -0.25) is 9.11 Å². The van der Waals surface area contributed by atoms with Crippen LogP contribution in [-0.4, -0.2) is 17.5 Å². The molecule has 0 fully saturated rings. The Morgan fingerprint density at radius 2 is 1.25 bits per heavy atom. The molecule has 0 radical (unpaired) electrons. The third-order valence-corrected chi connectivity index (χ3v) is 0. The van der Waals surface area contributed by atoms with E-state index in [1.54, 1.807) is 0 Å². The third kappa shape index (κ3) is 354. The summed E-state index contributed by atoms with van der Waals surface area (Å²) < 4.78 is 36.3.